The van der Waals surface area contributed by atoms with Crippen molar-refractivity contribution in [2.75, 3.05) is 20.2 Å². The van der Waals surface area contributed by atoms with Crippen molar-refractivity contribution in [3.05, 3.63) is 72.3 Å². The molecule has 1 aromatic heterocycles. The molecular weight excluding hydrogens is 435 g/mol. The Balaban J connectivity index is 1.42. The number of hydrogen-bond acceptors (Lipinski definition) is 5. The molecule has 3 aromatic rings. The first kappa shape index (κ1) is 22.0. The number of hydrogen-bond donors (Lipinski definition) is 1. The second-order valence-corrected chi connectivity index (χ2v) is 9.18. The van der Waals surface area contributed by atoms with Gasteiger partial charge in [-0.15, -0.1) is 0 Å². The van der Waals surface area contributed by atoms with Gasteiger partial charge in [-0.2, -0.15) is 5.10 Å². The summed E-state index contributed by atoms with van der Waals surface area (Å²) in [7, 11) is -2.27. The predicted octanol–water partition coefficient (Wildman–Crippen LogP) is 2.60. The van der Waals surface area contributed by atoms with Crippen LogP contribution in [0.5, 0.6) is 5.75 Å². The van der Waals surface area contributed by atoms with Gasteiger partial charge in [0.25, 0.3) is 5.91 Å². The lowest BCUT2D eigenvalue weighted by atomic mass is 10.1. The standard InChI is InChI=1S/C22H23FN4O4S/c1-31-20-15-27(18-5-3-2-4-6-18)24-21(20)22(28)26-13-11-17(12-14-26)25-32(29,30)19-9-7-16(23)8-10-19/h2-10,15,17,25H,11-14H2,1H3. The molecule has 2 aromatic carbocycles. The van der Waals surface area contributed by atoms with Crippen LogP contribution in [0.15, 0.2) is 65.7 Å². The molecule has 0 aliphatic carbocycles. The van der Waals surface area contributed by atoms with Crippen LogP contribution < -0.4 is 9.46 Å². The predicted molar refractivity (Wildman–Crippen MR) is 116 cm³/mol. The number of likely N-dealkylation sites (tertiary alicyclic amines) is 1. The summed E-state index contributed by atoms with van der Waals surface area (Å²) >= 11 is 0. The minimum Gasteiger partial charge on any atom is -0.493 e. The first-order valence-electron chi connectivity index (χ1n) is 10.1. The minimum atomic E-state index is -3.76. The zero-order valence-electron chi connectivity index (χ0n) is 17.4. The van der Waals surface area contributed by atoms with Crippen LogP contribution in [0, 0.1) is 5.82 Å². The number of halogens is 1. The van der Waals surface area contributed by atoms with E-state index in [2.05, 4.69) is 9.82 Å². The topological polar surface area (TPSA) is 93.5 Å². The molecular formula is C22H23FN4O4S. The van der Waals surface area contributed by atoms with Crippen molar-refractivity contribution in [1.82, 2.24) is 19.4 Å². The van der Waals surface area contributed by atoms with Crippen molar-refractivity contribution in [3.8, 4) is 11.4 Å². The molecule has 32 heavy (non-hydrogen) atoms. The summed E-state index contributed by atoms with van der Waals surface area (Å²) in [4.78, 5) is 14.7. The number of carbonyl (C=O) groups is 1. The molecule has 0 bridgehead atoms. The van der Waals surface area contributed by atoms with E-state index in [0.29, 0.717) is 31.7 Å². The van der Waals surface area contributed by atoms with Crippen molar-refractivity contribution in [2.45, 2.75) is 23.8 Å². The van der Waals surface area contributed by atoms with Gasteiger partial charge in [0.05, 0.1) is 23.9 Å². The quantitative estimate of drug-likeness (QED) is 0.613. The molecule has 1 aliphatic rings. The number of benzene rings is 2. The molecule has 1 saturated heterocycles. The van der Waals surface area contributed by atoms with Gasteiger partial charge in [-0.05, 0) is 49.2 Å². The van der Waals surface area contributed by atoms with Crippen molar-refractivity contribution < 1.29 is 22.3 Å². The van der Waals surface area contributed by atoms with Crippen LogP contribution in [0.3, 0.4) is 0 Å². The van der Waals surface area contributed by atoms with E-state index < -0.39 is 15.8 Å². The maximum atomic E-state index is 13.1. The molecule has 1 aliphatic heterocycles. The van der Waals surface area contributed by atoms with E-state index in [9.17, 15) is 17.6 Å². The largest absolute Gasteiger partial charge is 0.493 e. The van der Waals surface area contributed by atoms with Crippen LogP contribution in [0.25, 0.3) is 5.69 Å². The van der Waals surface area contributed by atoms with Crippen molar-refractivity contribution in [2.24, 2.45) is 0 Å². The Hall–Kier alpha value is -3.24. The van der Waals surface area contributed by atoms with E-state index in [0.717, 1.165) is 17.8 Å². The number of nitrogens with zero attached hydrogens (tertiary/aromatic N) is 3. The van der Waals surface area contributed by atoms with Gasteiger partial charge in [-0.25, -0.2) is 22.2 Å². The molecule has 4 rings (SSSR count). The maximum Gasteiger partial charge on any atom is 0.278 e. The summed E-state index contributed by atoms with van der Waals surface area (Å²) in [6.07, 6.45) is 2.56. The molecule has 2 heterocycles. The fourth-order valence-corrected chi connectivity index (χ4v) is 4.93. The van der Waals surface area contributed by atoms with Crippen LogP contribution in [-0.2, 0) is 10.0 Å². The Kier molecular flexibility index (Phi) is 6.24. The molecule has 168 valence electrons. The Bertz CT molecular complexity index is 1190. The van der Waals surface area contributed by atoms with Gasteiger partial charge in [-0.1, -0.05) is 18.2 Å². The number of amides is 1. The number of para-hydroxylation sites is 1. The molecule has 0 spiro atoms. The average Bonchev–Trinajstić information content (AvgIpc) is 3.24. The minimum absolute atomic E-state index is 0.00796. The van der Waals surface area contributed by atoms with Gasteiger partial charge in [0.15, 0.2) is 11.4 Å². The highest BCUT2D eigenvalue weighted by Gasteiger charge is 2.30. The van der Waals surface area contributed by atoms with Crippen LogP contribution >= 0.6 is 0 Å². The number of rotatable bonds is 6. The first-order chi connectivity index (χ1) is 15.4. The van der Waals surface area contributed by atoms with Gasteiger partial charge in [-0.3, -0.25) is 4.79 Å². The lowest BCUT2D eigenvalue weighted by Gasteiger charge is -2.31. The van der Waals surface area contributed by atoms with E-state index in [1.807, 2.05) is 30.3 Å². The van der Waals surface area contributed by atoms with Gasteiger partial charge in [0, 0.05) is 19.1 Å². The Morgan fingerprint density at radius 3 is 2.38 bits per heavy atom. The summed E-state index contributed by atoms with van der Waals surface area (Å²) in [6, 6.07) is 13.8. The zero-order chi connectivity index (χ0) is 22.7. The van der Waals surface area contributed by atoms with Crippen LogP contribution in [-0.4, -0.2) is 55.2 Å². The van der Waals surface area contributed by atoms with E-state index >= 15 is 0 Å². The second kappa shape index (κ2) is 9.09. The van der Waals surface area contributed by atoms with Crippen LogP contribution in [0.4, 0.5) is 4.39 Å². The molecule has 0 unspecified atom stereocenters. The SMILES string of the molecule is COc1cn(-c2ccccc2)nc1C(=O)N1CCC(NS(=O)(=O)c2ccc(F)cc2)CC1. The lowest BCUT2D eigenvalue weighted by Crippen LogP contribution is -2.46. The third kappa shape index (κ3) is 4.66. The van der Waals surface area contributed by atoms with E-state index in [1.165, 1.54) is 19.2 Å². The Morgan fingerprint density at radius 2 is 1.75 bits per heavy atom. The summed E-state index contributed by atoms with van der Waals surface area (Å²) in [6.45, 7) is 0.744. The number of sulfonamides is 1. The highest BCUT2D eigenvalue weighted by Crippen LogP contribution is 2.23. The van der Waals surface area contributed by atoms with E-state index in [-0.39, 0.29) is 22.5 Å². The molecule has 1 N–H and O–H groups in total. The van der Waals surface area contributed by atoms with Gasteiger partial charge in [0.1, 0.15) is 5.82 Å². The number of piperidine rings is 1. The molecule has 0 saturated carbocycles. The summed E-state index contributed by atoms with van der Waals surface area (Å²) in [5.41, 5.74) is 1.01. The fourth-order valence-electron chi connectivity index (χ4n) is 3.62. The third-order valence-corrected chi connectivity index (χ3v) is 6.89. The van der Waals surface area contributed by atoms with E-state index in [4.69, 9.17) is 4.74 Å². The zero-order valence-corrected chi connectivity index (χ0v) is 18.3. The average molecular weight is 459 g/mol. The molecule has 1 amide bonds. The number of nitrogens with one attached hydrogen (secondary N) is 1. The van der Waals surface area contributed by atoms with E-state index in [1.54, 1.807) is 15.8 Å². The molecule has 0 radical (unpaired) electrons. The highest BCUT2D eigenvalue weighted by molar-refractivity contribution is 7.89. The number of carbonyl (C=O) groups excluding carboxylic acids is 1. The fraction of sp³-hybridized carbons (Fsp3) is 0.273. The van der Waals surface area contributed by atoms with Crippen molar-refractivity contribution >= 4 is 15.9 Å². The second-order valence-electron chi connectivity index (χ2n) is 7.47. The monoisotopic (exact) mass is 458 g/mol. The summed E-state index contributed by atoms with van der Waals surface area (Å²) in [5, 5.41) is 4.41. The summed E-state index contributed by atoms with van der Waals surface area (Å²) in [5.74, 6) is -0.393. The number of methoxy groups -OCH3 is 1. The molecule has 8 nitrogen and oxygen atoms in total. The normalized spacial score (nSPS) is 15.0. The summed E-state index contributed by atoms with van der Waals surface area (Å²) < 4.78 is 47.7. The smallest absolute Gasteiger partial charge is 0.278 e. The Morgan fingerprint density at radius 1 is 1.09 bits per heavy atom. The number of ether oxygens (including phenoxy) is 1. The van der Waals surface area contributed by atoms with Crippen LogP contribution in [0.1, 0.15) is 23.3 Å². The lowest BCUT2D eigenvalue weighted by molar-refractivity contribution is 0.0701. The number of aromatic nitrogens is 2. The van der Waals surface area contributed by atoms with Gasteiger partial charge < -0.3 is 9.64 Å². The molecule has 1 fully saturated rings. The van der Waals surface area contributed by atoms with Gasteiger partial charge in [0.2, 0.25) is 10.0 Å². The van der Waals surface area contributed by atoms with Crippen molar-refractivity contribution in [3.63, 3.8) is 0 Å². The molecule has 0 atom stereocenters. The van der Waals surface area contributed by atoms with Crippen molar-refractivity contribution in [1.29, 1.82) is 0 Å². The Labute approximate surface area is 185 Å². The maximum absolute atomic E-state index is 13.1. The highest BCUT2D eigenvalue weighted by atomic mass is 32.2. The first-order valence-corrected chi connectivity index (χ1v) is 11.6. The van der Waals surface area contributed by atoms with Gasteiger partial charge >= 0.3 is 0 Å². The third-order valence-electron chi connectivity index (χ3n) is 5.35. The molecule has 10 heteroatoms. The van der Waals surface area contributed by atoms with Crippen LogP contribution in [0.2, 0.25) is 0 Å².